The average Bonchev–Trinajstić information content (AvgIpc) is 3.58. The number of aromatic nitrogens is 2. The number of Topliss-reactive ketones (excluding diaryl/α,β-unsaturated/α-hetero) is 1. The highest BCUT2D eigenvalue weighted by Gasteiger charge is 2.24. The number of nitrogens with one attached hydrogen (secondary N) is 2. The molecule has 2 fully saturated rings. The Morgan fingerprint density at radius 1 is 1.10 bits per heavy atom. The largest absolute Gasteiger partial charge is 0.368 e. The van der Waals surface area contributed by atoms with Crippen molar-refractivity contribution in [1.29, 1.82) is 0 Å². The van der Waals surface area contributed by atoms with Gasteiger partial charge in [0, 0.05) is 56.2 Å². The Balaban J connectivity index is 1.40. The van der Waals surface area contributed by atoms with Crippen molar-refractivity contribution in [2.24, 2.45) is 0 Å². The second-order valence-electron chi connectivity index (χ2n) is 7.82. The zero-order valence-electron chi connectivity index (χ0n) is 17.5. The SMILES string of the molecule is CCC(=O)N1CCN(c2ccc(Nc3ncc(C(C)=O)c(NC4CC4)n3)cc2)CC1. The molecule has 1 aliphatic heterocycles. The van der Waals surface area contributed by atoms with Gasteiger partial charge in [0.25, 0.3) is 0 Å². The van der Waals surface area contributed by atoms with Crippen LogP contribution in [0.5, 0.6) is 0 Å². The fraction of sp³-hybridized carbons (Fsp3) is 0.455. The maximum absolute atomic E-state index is 11.8. The van der Waals surface area contributed by atoms with E-state index < -0.39 is 0 Å². The fourth-order valence-electron chi connectivity index (χ4n) is 3.55. The van der Waals surface area contributed by atoms with Crippen molar-refractivity contribution >= 4 is 34.8 Å². The summed E-state index contributed by atoms with van der Waals surface area (Å²) in [5.74, 6) is 1.23. The summed E-state index contributed by atoms with van der Waals surface area (Å²) >= 11 is 0. The summed E-state index contributed by atoms with van der Waals surface area (Å²) in [7, 11) is 0. The summed E-state index contributed by atoms with van der Waals surface area (Å²) < 4.78 is 0. The number of hydrogen-bond donors (Lipinski definition) is 2. The molecule has 1 saturated carbocycles. The number of carbonyl (C=O) groups excluding carboxylic acids is 2. The molecule has 2 heterocycles. The highest BCUT2D eigenvalue weighted by atomic mass is 16.2. The Bertz CT molecular complexity index is 918. The predicted molar refractivity (Wildman–Crippen MR) is 117 cm³/mol. The van der Waals surface area contributed by atoms with Crippen molar-refractivity contribution < 1.29 is 9.59 Å². The number of anilines is 4. The topological polar surface area (TPSA) is 90.5 Å². The number of hydrogen-bond acceptors (Lipinski definition) is 7. The third kappa shape index (κ3) is 4.69. The molecule has 0 atom stereocenters. The fourth-order valence-corrected chi connectivity index (χ4v) is 3.55. The predicted octanol–water partition coefficient (Wildman–Crippen LogP) is 3.06. The van der Waals surface area contributed by atoms with Gasteiger partial charge in [0.05, 0.1) is 5.56 Å². The summed E-state index contributed by atoms with van der Waals surface area (Å²) in [6.07, 6.45) is 4.35. The van der Waals surface area contributed by atoms with Gasteiger partial charge in [0.1, 0.15) is 5.82 Å². The average molecular weight is 409 g/mol. The van der Waals surface area contributed by atoms with Crippen molar-refractivity contribution in [2.75, 3.05) is 41.7 Å². The maximum atomic E-state index is 11.8. The van der Waals surface area contributed by atoms with Crippen LogP contribution in [0.25, 0.3) is 0 Å². The van der Waals surface area contributed by atoms with E-state index in [1.165, 1.54) is 6.92 Å². The van der Waals surface area contributed by atoms with E-state index in [1.807, 2.05) is 24.0 Å². The van der Waals surface area contributed by atoms with Crippen LogP contribution < -0.4 is 15.5 Å². The van der Waals surface area contributed by atoms with Crippen molar-refractivity contribution in [3.63, 3.8) is 0 Å². The van der Waals surface area contributed by atoms with Crippen LogP contribution in [-0.4, -0.2) is 58.8 Å². The zero-order chi connectivity index (χ0) is 21.1. The second kappa shape index (κ2) is 8.69. The Hall–Kier alpha value is -3.16. The lowest BCUT2D eigenvalue weighted by Gasteiger charge is -2.36. The standard InChI is InChI=1S/C22H28N6O2/c1-3-20(30)28-12-10-27(11-13-28)18-8-6-17(7-9-18)25-22-23-14-19(15(2)29)21(26-22)24-16-4-5-16/h6-9,14,16H,3-5,10-13H2,1-2H3,(H2,23,24,25,26). The van der Waals surface area contributed by atoms with E-state index in [-0.39, 0.29) is 11.7 Å². The minimum atomic E-state index is -0.0465. The highest BCUT2D eigenvalue weighted by molar-refractivity contribution is 5.98. The summed E-state index contributed by atoms with van der Waals surface area (Å²) in [5.41, 5.74) is 2.53. The second-order valence-corrected chi connectivity index (χ2v) is 7.82. The molecule has 2 aromatic rings. The van der Waals surface area contributed by atoms with Crippen molar-refractivity contribution in [2.45, 2.75) is 39.2 Å². The van der Waals surface area contributed by atoms with Crippen molar-refractivity contribution in [3.05, 3.63) is 36.0 Å². The third-order valence-corrected chi connectivity index (χ3v) is 5.51. The molecule has 1 aliphatic carbocycles. The summed E-state index contributed by atoms with van der Waals surface area (Å²) in [6, 6.07) is 8.52. The molecule has 2 aliphatic rings. The van der Waals surface area contributed by atoms with Crippen LogP contribution in [0.15, 0.2) is 30.5 Å². The molecule has 1 amide bonds. The van der Waals surface area contributed by atoms with Gasteiger partial charge in [-0.25, -0.2) is 4.98 Å². The van der Waals surface area contributed by atoms with E-state index in [4.69, 9.17) is 0 Å². The van der Waals surface area contributed by atoms with E-state index in [9.17, 15) is 9.59 Å². The Kier molecular flexibility index (Phi) is 5.83. The number of rotatable bonds is 7. The van der Waals surface area contributed by atoms with Crippen LogP contribution in [0.1, 0.15) is 43.5 Å². The van der Waals surface area contributed by atoms with Crippen LogP contribution in [-0.2, 0) is 4.79 Å². The first-order chi connectivity index (χ1) is 14.5. The van der Waals surface area contributed by atoms with Crippen LogP contribution in [0.4, 0.5) is 23.1 Å². The molecule has 8 nitrogen and oxygen atoms in total. The monoisotopic (exact) mass is 408 g/mol. The number of amides is 1. The molecule has 1 aromatic heterocycles. The van der Waals surface area contributed by atoms with Gasteiger partial charge in [-0.3, -0.25) is 9.59 Å². The summed E-state index contributed by atoms with van der Waals surface area (Å²) in [6.45, 7) is 6.64. The first-order valence-corrected chi connectivity index (χ1v) is 10.6. The first-order valence-electron chi connectivity index (χ1n) is 10.6. The Morgan fingerprint density at radius 3 is 2.40 bits per heavy atom. The van der Waals surface area contributed by atoms with E-state index in [0.29, 0.717) is 29.8 Å². The van der Waals surface area contributed by atoms with Crippen LogP contribution >= 0.6 is 0 Å². The maximum Gasteiger partial charge on any atom is 0.229 e. The molecule has 1 aromatic carbocycles. The van der Waals surface area contributed by atoms with Gasteiger partial charge >= 0.3 is 0 Å². The van der Waals surface area contributed by atoms with Gasteiger partial charge in [-0.15, -0.1) is 0 Å². The highest BCUT2D eigenvalue weighted by Crippen LogP contribution is 2.27. The minimum absolute atomic E-state index is 0.0465. The number of nitrogens with zero attached hydrogens (tertiary/aromatic N) is 4. The van der Waals surface area contributed by atoms with Crippen LogP contribution in [0.3, 0.4) is 0 Å². The molecule has 0 bridgehead atoms. The number of piperazine rings is 1. The lowest BCUT2D eigenvalue weighted by Crippen LogP contribution is -2.48. The van der Waals surface area contributed by atoms with Crippen molar-refractivity contribution in [3.8, 4) is 0 Å². The smallest absolute Gasteiger partial charge is 0.229 e. The molecular formula is C22H28N6O2. The van der Waals surface area contributed by atoms with E-state index >= 15 is 0 Å². The number of ketones is 1. The Morgan fingerprint density at radius 2 is 1.80 bits per heavy atom. The molecular weight excluding hydrogens is 380 g/mol. The van der Waals surface area contributed by atoms with Gasteiger partial charge in [0.15, 0.2) is 5.78 Å². The number of carbonyl (C=O) groups is 2. The molecule has 8 heteroatoms. The molecule has 1 saturated heterocycles. The summed E-state index contributed by atoms with van der Waals surface area (Å²) in [4.78, 5) is 36.7. The molecule has 158 valence electrons. The van der Waals surface area contributed by atoms with Gasteiger partial charge < -0.3 is 20.4 Å². The van der Waals surface area contributed by atoms with Gasteiger partial charge in [-0.1, -0.05) is 6.92 Å². The lowest BCUT2D eigenvalue weighted by molar-refractivity contribution is -0.131. The van der Waals surface area contributed by atoms with Crippen molar-refractivity contribution in [1.82, 2.24) is 14.9 Å². The molecule has 0 spiro atoms. The van der Waals surface area contributed by atoms with Gasteiger partial charge in [-0.05, 0) is 44.0 Å². The van der Waals surface area contributed by atoms with E-state index in [0.717, 1.165) is 50.4 Å². The molecule has 30 heavy (non-hydrogen) atoms. The van der Waals surface area contributed by atoms with Crippen LogP contribution in [0, 0.1) is 0 Å². The number of benzene rings is 1. The molecule has 0 radical (unpaired) electrons. The minimum Gasteiger partial charge on any atom is -0.368 e. The lowest BCUT2D eigenvalue weighted by atomic mass is 10.2. The third-order valence-electron chi connectivity index (χ3n) is 5.51. The van der Waals surface area contributed by atoms with E-state index in [1.54, 1.807) is 6.20 Å². The van der Waals surface area contributed by atoms with Gasteiger partial charge in [0.2, 0.25) is 11.9 Å². The molecule has 4 rings (SSSR count). The normalized spacial score (nSPS) is 16.3. The zero-order valence-corrected chi connectivity index (χ0v) is 17.5. The molecule has 2 N–H and O–H groups in total. The molecule has 0 unspecified atom stereocenters. The summed E-state index contributed by atoms with van der Waals surface area (Å²) in [5, 5.41) is 6.53. The van der Waals surface area contributed by atoms with Gasteiger partial charge in [-0.2, -0.15) is 4.98 Å². The van der Waals surface area contributed by atoms with Crippen LogP contribution in [0.2, 0.25) is 0 Å². The quantitative estimate of drug-likeness (QED) is 0.681. The first kappa shape index (κ1) is 20.1. The van der Waals surface area contributed by atoms with E-state index in [2.05, 4.69) is 37.6 Å². The Labute approximate surface area is 176 Å².